The lowest BCUT2D eigenvalue weighted by Gasteiger charge is -2.08. The molecule has 0 radical (unpaired) electrons. The highest BCUT2D eigenvalue weighted by Crippen LogP contribution is 2.23. The topological polar surface area (TPSA) is 60.2 Å². The molecule has 1 rings (SSSR count). The summed E-state index contributed by atoms with van der Waals surface area (Å²) in [6.45, 7) is 2.23. The molecule has 0 aromatic carbocycles. The summed E-state index contributed by atoms with van der Waals surface area (Å²) < 4.78 is 24.0. The van der Waals surface area contributed by atoms with E-state index in [0.717, 1.165) is 4.88 Å². The summed E-state index contributed by atoms with van der Waals surface area (Å²) in [6, 6.07) is 3.46. The zero-order chi connectivity index (χ0) is 11.5. The summed E-state index contributed by atoms with van der Waals surface area (Å²) in [6.07, 6.45) is 0. The van der Waals surface area contributed by atoms with Gasteiger partial charge in [-0.3, -0.25) is 0 Å². The fraction of sp³-hybridized carbons (Fsp3) is 0.556. The summed E-state index contributed by atoms with van der Waals surface area (Å²) in [5, 5.41) is 0. The minimum absolute atomic E-state index is 0.00503. The number of hydrogen-bond donors (Lipinski definition) is 1. The van der Waals surface area contributed by atoms with E-state index in [-0.39, 0.29) is 17.4 Å². The predicted octanol–water partition coefficient (Wildman–Crippen LogP) is 1.91. The zero-order valence-electron chi connectivity index (χ0n) is 8.44. The van der Waals surface area contributed by atoms with Crippen molar-refractivity contribution in [1.29, 1.82) is 0 Å². The molecule has 86 valence electrons. The summed E-state index contributed by atoms with van der Waals surface area (Å²) >= 11 is 7.03. The fourth-order valence-electron chi connectivity index (χ4n) is 1.21. The molecule has 0 aliphatic carbocycles. The smallest absolute Gasteiger partial charge is 0.155 e. The maximum atomic E-state index is 11.7. The van der Waals surface area contributed by atoms with E-state index < -0.39 is 9.84 Å². The Kier molecular flexibility index (Phi) is 4.58. The zero-order valence-corrected chi connectivity index (χ0v) is 10.8. The highest BCUT2D eigenvalue weighted by atomic mass is 35.5. The van der Waals surface area contributed by atoms with Gasteiger partial charge in [0.15, 0.2) is 9.84 Å². The van der Waals surface area contributed by atoms with E-state index in [0.29, 0.717) is 10.9 Å². The van der Waals surface area contributed by atoms with E-state index in [2.05, 4.69) is 0 Å². The van der Waals surface area contributed by atoms with Crippen LogP contribution >= 0.6 is 22.9 Å². The molecule has 0 saturated carbocycles. The molecule has 1 atom stereocenters. The summed E-state index contributed by atoms with van der Waals surface area (Å²) in [5.41, 5.74) is 5.39. The minimum Gasteiger partial charge on any atom is -0.330 e. The number of thiophene rings is 1. The first-order valence-corrected chi connectivity index (χ1v) is 7.59. The monoisotopic (exact) mass is 267 g/mol. The predicted molar refractivity (Wildman–Crippen MR) is 65.0 cm³/mol. The van der Waals surface area contributed by atoms with Crippen LogP contribution in [0.4, 0.5) is 0 Å². The van der Waals surface area contributed by atoms with Gasteiger partial charge >= 0.3 is 0 Å². The van der Waals surface area contributed by atoms with Crippen LogP contribution in [0.2, 0.25) is 4.34 Å². The molecular formula is C9H14ClNO2S2. The third kappa shape index (κ3) is 4.51. The first kappa shape index (κ1) is 13.0. The molecule has 0 bridgehead atoms. The summed E-state index contributed by atoms with van der Waals surface area (Å²) in [4.78, 5) is 0.782. The van der Waals surface area contributed by atoms with Gasteiger partial charge < -0.3 is 5.73 Å². The lowest BCUT2D eigenvalue weighted by Crippen LogP contribution is -2.21. The van der Waals surface area contributed by atoms with Crippen LogP contribution in [0.5, 0.6) is 0 Å². The van der Waals surface area contributed by atoms with Crippen LogP contribution in [0.3, 0.4) is 0 Å². The van der Waals surface area contributed by atoms with Crippen LogP contribution in [-0.2, 0) is 15.6 Å². The molecule has 1 aromatic heterocycles. The van der Waals surface area contributed by atoms with Crippen molar-refractivity contribution in [3.8, 4) is 0 Å². The number of sulfone groups is 1. The molecule has 0 spiro atoms. The van der Waals surface area contributed by atoms with Crippen LogP contribution in [0, 0.1) is 5.92 Å². The number of halogens is 1. The van der Waals surface area contributed by atoms with E-state index in [9.17, 15) is 8.42 Å². The number of nitrogens with two attached hydrogens (primary N) is 1. The fourth-order valence-corrected chi connectivity index (χ4v) is 4.51. The molecule has 0 saturated heterocycles. The molecule has 6 heteroatoms. The average Bonchev–Trinajstić information content (AvgIpc) is 2.49. The summed E-state index contributed by atoms with van der Waals surface area (Å²) in [7, 11) is -3.06. The van der Waals surface area contributed by atoms with Crippen molar-refractivity contribution in [3.63, 3.8) is 0 Å². The van der Waals surface area contributed by atoms with Crippen LogP contribution < -0.4 is 5.73 Å². The molecule has 1 heterocycles. The average molecular weight is 268 g/mol. The van der Waals surface area contributed by atoms with E-state index >= 15 is 0 Å². The molecule has 0 aliphatic rings. The SMILES string of the molecule is CC(CN)CS(=O)(=O)Cc1ccc(Cl)s1. The Hall–Kier alpha value is -0.100. The molecular weight excluding hydrogens is 254 g/mol. The van der Waals surface area contributed by atoms with Crippen LogP contribution in [-0.4, -0.2) is 20.7 Å². The first-order chi connectivity index (χ1) is 6.93. The summed E-state index contributed by atoms with van der Waals surface area (Å²) in [5.74, 6) is 0.207. The Labute approximate surface area is 99.2 Å². The van der Waals surface area contributed by atoms with Crippen molar-refractivity contribution in [2.24, 2.45) is 11.7 Å². The van der Waals surface area contributed by atoms with Gasteiger partial charge in [-0.05, 0) is 24.6 Å². The Bertz CT molecular complexity index is 414. The number of rotatable bonds is 5. The van der Waals surface area contributed by atoms with Crippen molar-refractivity contribution in [2.45, 2.75) is 12.7 Å². The van der Waals surface area contributed by atoms with Gasteiger partial charge in [0.25, 0.3) is 0 Å². The van der Waals surface area contributed by atoms with E-state index in [1.165, 1.54) is 11.3 Å². The van der Waals surface area contributed by atoms with Crippen molar-refractivity contribution in [1.82, 2.24) is 0 Å². The van der Waals surface area contributed by atoms with Gasteiger partial charge in [-0.1, -0.05) is 18.5 Å². The van der Waals surface area contributed by atoms with Gasteiger partial charge in [-0.15, -0.1) is 11.3 Å². The Morgan fingerprint density at radius 1 is 1.53 bits per heavy atom. The molecule has 0 amide bonds. The lowest BCUT2D eigenvalue weighted by atomic mass is 10.2. The normalized spacial score (nSPS) is 14.1. The van der Waals surface area contributed by atoms with Crippen LogP contribution in [0.15, 0.2) is 12.1 Å². The maximum Gasteiger partial charge on any atom is 0.155 e. The van der Waals surface area contributed by atoms with Gasteiger partial charge in [0.1, 0.15) is 0 Å². The van der Waals surface area contributed by atoms with Gasteiger partial charge in [0.2, 0.25) is 0 Å². The Balaban J connectivity index is 2.64. The van der Waals surface area contributed by atoms with Crippen LogP contribution in [0.1, 0.15) is 11.8 Å². The van der Waals surface area contributed by atoms with Gasteiger partial charge in [0.05, 0.1) is 15.8 Å². The largest absolute Gasteiger partial charge is 0.330 e. The third-order valence-electron chi connectivity index (χ3n) is 1.93. The Morgan fingerprint density at radius 2 is 2.20 bits per heavy atom. The number of hydrogen-bond acceptors (Lipinski definition) is 4. The molecule has 2 N–H and O–H groups in total. The quantitative estimate of drug-likeness (QED) is 0.887. The standard InChI is InChI=1S/C9H14ClNO2S2/c1-7(4-11)5-15(12,13)6-8-2-3-9(10)14-8/h2-3,7H,4-6,11H2,1H3. The van der Waals surface area contributed by atoms with Crippen molar-refractivity contribution >= 4 is 32.8 Å². The van der Waals surface area contributed by atoms with Crippen LogP contribution in [0.25, 0.3) is 0 Å². The van der Waals surface area contributed by atoms with Crippen molar-refractivity contribution < 1.29 is 8.42 Å². The van der Waals surface area contributed by atoms with Crippen molar-refractivity contribution in [2.75, 3.05) is 12.3 Å². The molecule has 1 unspecified atom stereocenters. The molecule has 15 heavy (non-hydrogen) atoms. The molecule has 0 fully saturated rings. The van der Waals surface area contributed by atoms with Gasteiger partial charge in [-0.2, -0.15) is 0 Å². The lowest BCUT2D eigenvalue weighted by molar-refractivity contribution is 0.573. The highest BCUT2D eigenvalue weighted by Gasteiger charge is 2.16. The molecule has 1 aromatic rings. The van der Waals surface area contributed by atoms with E-state index in [4.69, 9.17) is 17.3 Å². The van der Waals surface area contributed by atoms with Gasteiger partial charge in [0, 0.05) is 4.88 Å². The maximum absolute atomic E-state index is 11.7. The van der Waals surface area contributed by atoms with E-state index in [1.807, 2.05) is 6.92 Å². The second-order valence-corrected chi connectivity index (χ2v) is 7.51. The third-order valence-corrected chi connectivity index (χ3v) is 5.17. The minimum atomic E-state index is -3.06. The molecule has 0 aliphatic heterocycles. The second kappa shape index (κ2) is 5.30. The first-order valence-electron chi connectivity index (χ1n) is 4.57. The second-order valence-electron chi connectivity index (χ2n) is 3.60. The Morgan fingerprint density at radius 3 is 2.67 bits per heavy atom. The van der Waals surface area contributed by atoms with Gasteiger partial charge in [-0.25, -0.2) is 8.42 Å². The molecule has 3 nitrogen and oxygen atoms in total. The van der Waals surface area contributed by atoms with Crippen molar-refractivity contribution in [3.05, 3.63) is 21.3 Å². The van der Waals surface area contributed by atoms with E-state index in [1.54, 1.807) is 12.1 Å². The highest BCUT2D eigenvalue weighted by molar-refractivity contribution is 7.90.